The number of benzene rings is 1. The monoisotopic (exact) mass is 336 g/mol. The third-order valence-electron chi connectivity index (χ3n) is 4.55. The number of aromatic nitrogens is 1. The third-order valence-corrected chi connectivity index (χ3v) is 4.55. The zero-order valence-electron chi connectivity index (χ0n) is 13.9. The van der Waals surface area contributed by atoms with Crippen molar-refractivity contribution < 1.29 is 14.4 Å². The van der Waals surface area contributed by atoms with E-state index < -0.39 is 0 Å². The summed E-state index contributed by atoms with van der Waals surface area (Å²) in [5.41, 5.74) is 4.56. The molecule has 2 N–H and O–H groups in total. The number of hydroxylamine groups is 1. The van der Waals surface area contributed by atoms with Gasteiger partial charge in [-0.15, -0.1) is 0 Å². The molecule has 25 heavy (non-hydrogen) atoms. The maximum atomic E-state index is 12.0. The lowest BCUT2D eigenvalue weighted by Crippen LogP contribution is -2.21. The summed E-state index contributed by atoms with van der Waals surface area (Å²) in [4.78, 5) is 15.9. The van der Waals surface area contributed by atoms with E-state index >= 15 is 0 Å². The Morgan fingerprint density at radius 2 is 2.04 bits per heavy atom. The fourth-order valence-electron chi connectivity index (χ4n) is 3.25. The SMILES string of the molecule is C=C(/C=C\C(=C/C)c1cnco1)[C@H]1[C@H](C(=O)NO)[C@@H]1c1ccccc1. The van der Waals surface area contributed by atoms with Gasteiger partial charge in [-0.25, -0.2) is 10.5 Å². The molecule has 1 aromatic heterocycles. The Morgan fingerprint density at radius 3 is 2.64 bits per heavy atom. The van der Waals surface area contributed by atoms with Crippen LogP contribution in [0.3, 0.4) is 0 Å². The van der Waals surface area contributed by atoms with Gasteiger partial charge in [-0.05, 0) is 12.5 Å². The predicted molar refractivity (Wildman–Crippen MR) is 94.5 cm³/mol. The molecular formula is C20H20N2O3. The average molecular weight is 336 g/mol. The molecule has 1 saturated carbocycles. The minimum Gasteiger partial charge on any atom is -0.444 e. The Bertz CT molecular complexity index is 807. The van der Waals surface area contributed by atoms with Crippen molar-refractivity contribution in [2.75, 3.05) is 0 Å². The van der Waals surface area contributed by atoms with Crippen LogP contribution in [-0.2, 0) is 4.79 Å². The summed E-state index contributed by atoms with van der Waals surface area (Å²) in [5.74, 6) is -0.0474. The molecule has 1 aromatic carbocycles. The summed E-state index contributed by atoms with van der Waals surface area (Å²) >= 11 is 0. The molecule has 5 heteroatoms. The molecule has 1 fully saturated rings. The first-order chi connectivity index (χ1) is 12.2. The van der Waals surface area contributed by atoms with Gasteiger partial charge in [-0.1, -0.05) is 60.7 Å². The van der Waals surface area contributed by atoms with E-state index in [0.717, 1.165) is 16.7 Å². The van der Waals surface area contributed by atoms with Crippen molar-refractivity contribution in [1.29, 1.82) is 0 Å². The lowest BCUT2D eigenvalue weighted by Gasteiger charge is -2.01. The Hall–Kier alpha value is -2.92. The fourth-order valence-corrected chi connectivity index (χ4v) is 3.25. The fraction of sp³-hybridized carbons (Fsp3) is 0.200. The molecule has 0 saturated heterocycles. The van der Waals surface area contributed by atoms with Gasteiger partial charge in [0.15, 0.2) is 12.2 Å². The standard InChI is InChI=1S/C20H20N2O3/c1-3-14(16-11-21-12-25-16)10-9-13(2)17-18(19(17)20(23)22-24)15-7-5-4-6-8-15/h3-12,17-19,24H,2H2,1H3,(H,22,23)/b10-9-,14-3+/t17-,18-,19+/m1/s1. The molecule has 128 valence electrons. The molecular weight excluding hydrogens is 316 g/mol. The van der Waals surface area contributed by atoms with Gasteiger partial charge in [0.05, 0.1) is 12.1 Å². The number of carbonyl (C=O) groups excluding carboxylic acids is 1. The van der Waals surface area contributed by atoms with Gasteiger partial charge in [-0.2, -0.15) is 0 Å². The first-order valence-electron chi connectivity index (χ1n) is 8.08. The molecule has 1 heterocycles. The second-order valence-corrected chi connectivity index (χ2v) is 5.98. The second-order valence-electron chi connectivity index (χ2n) is 5.98. The zero-order chi connectivity index (χ0) is 17.8. The maximum Gasteiger partial charge on any atom is 0.247 e. The van der Waals surface area contributed by atoms with Gasteiger partial charge >= 0.3 is 0 Å². The Kier molecular flexibility index (Phi) is 4.95. The summed E-state index contributed by atoms with van der Waals surface area (Å²) in [6.45, 7) is 6.04. The van der Waals surface area contributed by atoms with Crippen molar-refractivity contribution in [1.82, 2.24) is 10.5 Å². The van der Waals surface area contributed by atoms with Crippen molar-refractivity contribution in [3.8, 4) is 0 Å². The van der Waals surface area contributed by atoms with Crippen LogP contribution < -0.4 is 5.48 Å². The normalized spacial score (nSPS) is 22.8. The molecule has 0 spiro atoms. The quantitative estimate of drug-likeness (QED) is 0.479. The molecule has 0 unspecified atom stereocenters. The van der Waals surface area contributed by atoms with Crippen LogP contribution in [-0.4, -0.2) is 16.1 Å². The minimum absolute atomic E-state index is 0.0184. The molecule has 3 rings (SSSR count). The summed E-state index contributed by atoms with van der Waals surface area (Å²) in [7, 11) is 0. The van der Waals surface area contributed by atoms with Crippen LogP contribution in [0.1, 0.15) is 24.2 Å². The number of nitrogens with one attached hydrogen (secondary N) is 1. The first kappa shape index (κ1) is 16.9. The molecule has 2 aromatic rings. The zero-order valence-corrected chi connectivity index (χ0v) is 13.9. The smallest absolute Gasteiger partial charge is 0.247 e. The highest BCUT2D eigenvalue weighted by Gasteiger charge is 2.56. The van der Waals surface area contributed by atoms with Crippen molar-refractivity contribution in [2.24, 2.45) is 11.8 Å². The molecule has 0 bridgehead atoms. The minimum atomic E-state index is -0.380. The van der Waals surface area contributed by atoms with E-state index in [2.05, 4.69) is 11.6 Å². The molecule has 0 aliphatic heterocycles. The van der Waals surface area contributed by atoms with Crippen LogP contribution in [0.25, 0.3) is 5.57 Å². The summed E-state index contributed by atoms with van der Waals surface area (Å²) < 4.78 is 5.30. The van der Waals surface area contributed by atoms with E-state index in [1.807, 2.05) is 55.5 Å². The summed E-state index contributed by atoms with van der Waals surface area (Å²) in [5, 5.41) is 9.01. The summed E-state index contributed by atoms with van der Waals surface area (Å²) in [6, 6.07) is 9.81. The highest BCUT2D eigenvalue weighted by Crippen LogP contribution is 2.57. The van der Waals surface area contributed by atoms with Gasteiger partial charge in [0.25, 0.3) is 0 Å². The number of allylic oxidation sites excluding steroid dienone is 5. The van der Waals surface area contributed by atoms with E-state index in [4.69, 9.17) is 9.62 Å². The maximum absolute atomic E-state index is 12.0. The van der Waals surface area contributed by atoms with Gasteiger partial charge in [0.1, 0.15) is 0 Å². The van der Waals surface area contributed by atoms with Crippen molar-refractivity contribution in [3.63, 3.8) is 0 Å². The number of carbonyl (C=O) groups is 1. The third kappa shape index (κ3) is 3.46. The molecule has 1 aliphatic rings. The van der Waals surface area contributed by atoms with Gasteiger partial charge in [-0.3, -0.25) is 10.0 Å². The van der Waals surface area contributed by atoms with Gasteiger partial charge in [0.2, 0.25) is 5.91 Å². The van der Waals surface area contributed by atoms with Gasteiger partial charge in [0, 0.05) is 17.4 Å². The molecule has 3 atom stereocenters. The number of rotatable bonds is 6. The van der Waals surface area contributed by atoms with E-state index in [9.17, 15) is 4.79 Å². The highest BCUT2D eigenvalue weighted by molar-refractivity contribution is 5.84. The van der Waals surface area contributed by atoms with Crippen LogP contribution in [0.5, 0.6) is 0 Å². The Labute approximate surface area is 146 Å². The lowest BCUT2D eigenvalue weighted by atomic mass is 10.0. The molecule has 0 radical (unpaired) electrons. The predicted octanol–water partition coefficient (Wildman–Crippen LogP) is 3.73. The molecule has 1 amide bonds. The van der Waals surface area contributed by atoms with Crippen LogP contribution in [0.2, 0.25) is 0 Å². The van der Waals surface area contributed by atoms with Crippen molar-refractivity contribution in [3.05, 3.63) is 84.6 Å². The van der Waals surface area contributed by atoms with E-state index in [0.29, 0.717) is 5.76 Å². The molecule has 5 nitrogen and oxygen atoms in total. The number of hydrogen-bond acceptors (Lipinski definition) is 4. The van der Waals surface area contributed by atoms with Crippen LogP contribution in [0.15, 0.2) is 77.7 Å². The van der Waals surface area contributed by atoms with Crippen molar-refractivity contribution >= 4 is 11.5 Å². The lowest BCUT2D eigenvalue weighted by molar-refractivity contribution is -0.130. The van der Waals surface area contributed by atoms with Crippen LogP contribution >= 0.6 is 0 Å². The first-order valence-corrected chi connectivity index (χ1v) is 8.08. The molecule has 1 aliphatic carbocycles. The van der Waals surface area contributed by atoms with Gasteiger partial charge < -0.3 is 4.42 Å². The Morgan fingerprint density at radius 1 is 1.28 bits per heavy atom. The second kappa shape index (κ2) is 7.32. The highest BCUT2D eigenvalue weighted by atomic mass is 16.5. The van der Waals surface area contributed by atoms with E-state index in [1.54, 1.807) is 11.7 Å². The summed E-state index contributed by atoms with van der Waals surface area (Å²) in [6.07, 6.45) is 8.74. The topological polar surface area (TPSA) is 75.4 Å². The van der Waals surface area contributed by atoms with Crippen LogP contribution in [0.4, 0.5) is 0 Å². The largest absolute Gasteiger partial charge is 0.444 e. The number of oxazole rings is 1. The number of hydrogen-bond donors (Lipinski definition) is 2. The number of amides is 1. The van der Waals surface area contributed by atoms with E-state index in [-0.39, 0.29) is 23.7 Å². The average Bonchev–Trinajstić information content (AvgIpc) is 3.17. The van der Waals surface area contributed by atoms with E-state index in [1.165, 1.54) is 6.39 Å². The Balaban J connectivity index is 1.78. The van der Waals surface area contributed by atoms with Crippen LogP contribution in [0, 0.1) is 11.8 Å². The number of nitrogens with zero attached hydrogens (tertiary/aromatic N) is 1. The van der Waals surface area contributed by atoms with Crippen molar-refractivity contribution in [2.45, 2.75) is 12.8 Å².